The average molecular weight is 304 g/mol. The second-order valence-corrected chi connectivity index (χ2v) is 7.15. The minimum atomic E-state index is -0.546. The van der Waals surface area contributed by atoms with Gasteiger partial charge in [-0.05, 0) is 37.7 Å². The molecule has 0 saturated carbocycles. The van der Waals surface area contributed by atoms with Crippen LogP contribution in [0.15, 0.2) is 36.7 Å². The Balaban J connectivity index is 2.24. The summed E-state index contributed by atoms with van der Waals surface area (Å²) < 4.78 is 7.96. The fourth-order valence-corrected chi connectivity index (χ4v) is 2.47. The van der Waals surface area contributed by atoms with Crippen molar-refractivity contribution in [2.75, 3.05) is 27.2 Å². The molecule has 0 fully saturated rings. The van der Waals surface area contributed by atoms with E-state index in [0.717, 1.165) is 12.2 Å². The summed E-state index contributed by atoms with van der Waals surface area (Å²) >= 11 is 0. The first-order valence-corrected chi connectivity index (χ1v) is 7.70. The summed E-state index contributed by atoms with van der Waals surface area (Å²) in [7, 11) is 4.07. The van der Waals surface area contributed by atoms with Crippen LogP contribution in [0.2, 0.25) is 0 Å². The molecule has 122 valence electrons. The molecule has 2 unspecified atom stereocenters. The van der Waals surface area contributed by atoms with Gasteiger partial charge in [0.2, 0.25) is 0 Å². The molecule has 1 aliphatic carbocycles. The summed E-state index contributed by atoms with van der Waals surface area (Å²) in [6.07, 6.45) is 9.68. The highest BCUT2D eigenvalue weighted by Gasteiger charge is 2.44. The van der Waals surface area contributed by atoms with Crippen molar-refractivity contribution in [3.63, 3.8) is 0 Å². The van der Waals surface area contributed by atoms with Gasteiger partial charge in [-0.15, -0.1) is 0 Å². The lowest BCUT2D eigenvalue weighted by molar-refractivity contribution is 0.00144. The van der Waals surface area contributed by atoms with Gasteiger partial charge in [-0.3, -0.25) is 0 Å². The maximum Gasteiger partial charge on any atom is 0.100 e. The number of hydrogen-bond acceptors (Lipinski definition) is 4. The molecule has 0 bridgehead atoms. The normalized spacial score (nSPS) is 25.6. The molecule has 5 nitrogen and oxygen atoms in total. The molecule has 1 aromatic rings. The van der Waals surface area contributed by atoms with Crippen LogP contribution in [0.1, 0.15) is 20.8 Å². The molecule has 22 heavy (non-hydrogen) atoms. The van der Waals surface area contributed by atoms with Crippen molar-refractivity contribution in [1.29, 1.82) is 0 Å². The van der Waals surface area contributed by atoms with Crippen molar-refractivity contribution < 1.29 is 4.74 Å². The van der Waals surface area contributed by atoms with E-state index < -0.39 is 5.54 Å². The van der Waals surface area contributed by atoms with Crippen molar-refractivity contribution in [3.8, 4) is 0 Å². The van der Waals surface area contributed by atoms with E-state index in [2.05, 4.69) is 42.9 Å². The van der Waals surface area contributed by atoms with Crippen LogP contribution in [0, 0.1) is 5.41 Å². The van der Waals surface area contributed by atoms with Crippen LogP contribution in [-0.4, -0.2) is 53.6 Å². The number of ether oxygens (including phenoxy) is 1. The van der Waals surface area contributed by atoms with Crippen LogP contribution >= 0.6 is 0 Å². The smallest absolute Gasteiger partial charge is 0.100 e. The van der Waals surface area contributed by atoms with Gasteiger partial charge in [-0.1, -0.05) is 26.8 Å². The topological polar surface area (TPSA) is 56.3 Å². The number of allylic oxidation sites excluding steroid dienone is 2. The first-order valence-electron chi connectivity index (χ1n) is 7.70. The predicted molar refractivity (Wildman–Crippen MR) is 90.3 cm³/mol. The molecule has 0 amide bonds. The summed E-state index contributed by atoms with van der Waals surface area (Å²) in [6.45, 7) is 7.94. The Morgan fingerprint density at radius 3 is 2.68 bits per heavy atom. The van der Waals surface area contributed by atoms with Crippen molar-refractivity contribution in [3.05, 3.63) is 36.7 Å². The molecule has 0 saturated heterocycles. The van der Waals surface area contributed by atoms with Gasteiger partial charge in [-0.25, -0.2) is 4.68 Å². The maximum absolute atomic E-state index is 6.71. The monoisotopic (exact) mass is 304 g/mol. The van der Waals surface area contributed by atoms with Gasteiger partial charge in [0.15, 0.2) is 0 Å². The molecule has 2 N–H and O–H groups in total. The number of likely N-dealkylation sites (N-methyl/N-ethyl adjacent to an activating group) is 1. The van der Waals surface area contributed by atoms with Gasteiger partial charge in [0, 0.05) is 18.9 Å². The van der Waals surface area contributed by atoms with E-state index in [1.54, 1.807) is 6.20 Å². The molecule has 0 spiro atoms. The number of rotatable bonds is 5. The van der Waals surface area contributed by atoms with E-state index in [0.29, 0.717) is 6.61 Å². The van der Waals surface area contributed by atoms with Crippen LogP contribution in [-0.2, 0) is 4.74 Å². The van der Waals surface area contributed by atoms with Crippen molar-refractivity contribution >= 4 is 5.70 Å². The van der Waals surface area contributed by atoms with Gasteiger partial charge >= 0.3 is 0 Å². The zero-order chi connectivity index (χ0) is 16.4. The summed E-state index contributed by atoms with van der Waals surface area (Å²) in [5.41, 5.74) is 7.05. The van der Waals surface area contributed by atoms with E-state index in [1.165, 1.54) is 0 Å². The van der Waals surface area contributed by atoms with E-state index in [4.69, 9.17) is 10.5 Å². The second-order valence-electron chi connectivity index (χ2n) is 7.15. The Labute approximate surface area is 133 Å². The number of hydrogen-bond donors (Lipinski definition) is 1. The molecule has 2 rings (SSSR count). The minimum absolute atomic E-state index is 0.113. The number of nitrogens with two attached hydrogens (primary N) is 1. The highest BCUT2D eigenvalue weighted by atomic mass is 16.5. The molecule has 0 radical (unpaired) electrons. The molecule has 1 aromatic heterocycles. The summed E-state index contributed by atoms with van der Waals surface area (Å²) in [5.74, 6) is 0. The van der Waals surface area contributed by atoms with Crippen LogP contribution < -0.4 is 5.73 Å². The fraction of sp³-hybridized carbons (Fsp3) is 0.588. The molecule has 2 atom stereocenters. The third-order valence-corrected chi connectivity index (χ3v) is 4.23. The standard InChI is InChI=1S/C17H28N4O/c1-16(2,3)17(18)8-7-14(21-10-6-9-19-21)13-15(17)22-12-11-20(4)5/h6-10,13,15H,11-12,18H2,1-5H3. The number of nitrogens with zero attached hydrogens (tertiary/aromatic N) is 3. The van der Waals surface area contributed by atoms with Crippen molar-refractivity contribution in [2.24, 2.45) is 11.1 Å². The van der Waals surface area contributed by atoms with E-state index in [1.807, 2.05) is 37.1 Å². The number of aromatic nitrogens is 2. The Morgan fingerprint density at radius 2 is 2.14 bits per heavy atom. The summed E-state index contributed by atoms with van der Waals surface area (Å²) in [5, 5.41) is 4.29. The van der Waals surface area contributed by atoms with E-state index >= 15 is 0 Å². The van der Waals surface area contributed by atoms with Crippen LogP contribution in [0.5, 0.6) is 0 Å². The van der Waals surface area contributed by atoms with Crippen molar-refractivity contribution in [2.45, 2.75) is 32.4 Å². The molecular formula is C17H28N4O. The third kappa shape index (κ3) is 3.48. The minimum Gasteiger partial charge on any atom is -0.370 e. The molecule has 1 aliphatic rings. The largest absolute Gasteiger partial charge is 0.370 e. The first kappa shape index (κ1) is 16.9. The zero-order valence-electron chi connectivity index (χ0n) is 14.3. The van der Waals surface area contributed by atoms with Crippen molar-refractivity contribution in [1.82, 2.24) is 14.7 Å². The third-order valence-electron chi connectivity index (χ3n) is 4.23. The predicted octanol–water partition coefficient (Wildman–Crippen LogP) is 1.98. The maximum atomic E-state index is 6.71. The van der Waals surface area contributed by atoms with E-state index in [9.17, 15) is 0 Å². The Kier molecular flexibility index (Phi) is 4.90. The van der Waals surface area contributed by atoms with Gasteiger partial charge in [0.25, 0.3) is 0 Å². The van der Waals surface area contributed by atoms with Gasteiger partial charge < -0.3 is 15.4 Å². The Hall–Kier alpha value is -1.43. The lowest BCUT2D eigenvalue weighted by Gasteiger charge is -2.45. The van der Waals surface area contributed by atoms with Crippen LogP contribution in [0.25, 0.3) is 5.70 Å². The quantitative estimate of drug-likeness (QED) is 0.904. The lowest BCUT2D eigenvalue weighted by Crippen LogP contribution is -2.59. The fourth-order valence-electron chi connectivity index (χ4n) is 2.47. The van der Waals surface area contributed by atoms with Gasteiger partial charge in [0.1, 0.15) is 6.10 Å². The van der Waals surface area contributed by atoms with Gasteiger partial charge in [0.05, 0.1) is 17.8 Å². The second kappa shape index (κ2) is 6.36. The highest BCUT2D eigenvalue weighted by Crippen LogP contribution is 2.37. The average Bonchev–Trinajstić information content (AvgIpc) is 2.93. The van der Waals surface area contributed by atoms with Crippen LogP contribution in [0.4, 0.5) is 0 Å². The first-order chi connectivity index (χ1) is 10.2. The molecular weight excluding hydrogens is 276 g/mol. The molecule has 1 heterocycles. The van der Waals surface area contributed by atoms with Crippen LogP contribution in [0.3, 0.4) is 0 Å². The molecule has 0 aromatic carbocycles. The zero-order valence-corrected chi connectivity index (χ0v) is 14.3. The SMILES string of the molecule is CN(C)CCOC1C=C(n2cccn2)C=CC1(N)C(C)(C)C. The Morgan fingerprint density at radius 1 is 1.41 bits per heavy atom. The Bertz CT molecular complexity index is 540. The highest BCUT2D eigenvalue weighted by molar-refractivity contribution is 5.61. The molecule has 5 heteroatoms. The molecule has 0 aliphatic heterocycles. The summed E-state index contributed by atoms with van der Waals surface area (Å²) in [6, 6.07) is 1.91. The van der Waals surface area contributed by atoms with Gasteiger partial charge in [-0.2, -0.15) is 5.10 Å². The van der Waals surface area contributed by atoms with E-state index in [-0.39, 0.29) is 11.5 Å². The lowest BCUT2D eigenvalue weighted by atomic mass is 9.69. The summed E-state index contributed by atoms with van der Waals surface area (Å²) in [4.78, 5) is 2.10.